The molecule has 2 aromatic rings. The Balaban J connectivity index is 2.63. The van der Waals surface area contributed by atoms with E-state index in [1.807, 2.05) is 6.92 Å². The highest BCUT2D eigenvalue weighted by molar-refractivity contribution is 5.40. The van der Waals surface area contributed by atoms with Crippen molar-refractivity contribution in [1.29, 1.82) is 0 Å². The van der Waals surface area contributed by atoms with Gasteiger partial charge in [-0.2, -0.15) is 18.3 Å². The van der Waals surface area contributed by atoms with E-state index >= 15 is 0 Å². The van der Waals surface area contributed by atoms with Gasteiger partial charge in [-0.1, -0.05) is 0 Å². The number of anilines is 1. The van der Waals surface area contributed by atoms with Gasteiger partial charge in [0.05, 0.1) is 5.69 Å². The van der Waals surface area contributed by atoms with Crippen molar-refractivity contribution in [2.75, 3.05) is 5.73 Å². The summed E-state index contributed by atoms with van der Waals surface area (Å²) in [6.07, 6.45) is -4.64. The number of nitrogens with zero attached hydrogens (tertiary/aromatic N) is 4. The zero-order valence-electron chi connectivity index (χ0n) is 10.6. The molecule has 102 valence electrons. The summed E-state index contributed by atoms with van der Waals surface area (Å²) in [5, 5.41) is 4.15. The molecule has 0 radical (unpaired) electrons. The van der Waals surface area contributed by atoms with Crippen LogP contribution < -0.4 is 5.73 Å². The quantitative estimate of drug-likeness (QED) is 0.863. The van der Waals surface area contributed by atoms with Crippen molar-refractivity contribution in [2.45, 2.75) is 26.9 Å². The van der Waals surface area contributed by atoms with E-state index in [4.69, 9.17) is 5.73 Å². The summed E-state index contributed by atoms with van der Waals surface area (Å²) in [6.45, 7) is 5.36. The molecular weight excluding hydrogens is 259 g/mol. The summed E-state index contributed by atoms with van der Waals surface area (Å²) in [4.78, 5) is 6.66. The van der Waals surface area contributed by atoms with Crippen LogP contribution in [0.1, 0.15) is 22.8 Å². The number of nitrogens with two attached hydrogens (primary N) is 1. The highest BCUT2D eigenvalue weighted by Crippen LogP contribution is 2.27. The van der Waals surface area contributed by atoms with Crippen molar-refractivity contribution in [3.63, 3.8) is 0 Å². The molecule has 0 bridgehead atoms. The molecule has 2 rings (SSSR count). The van der Waals surface area contributed by atoms with Crippen LogP contribution in [0.3, 0.4) is 0 Å². The predicted octanol–water partition coefficient (Wildman–Crippen LogP) is 2.19. The lowest BCUT2D eigenvalue weighted by Crippen LogP contribution is -2.15. The van der Waals surface area contributed by atoms with Gasteiger partial charge in [0.15, 0.2) is 5.82 Å². The molecule has 0 atom stereocenters. The Bertz CT molecular complexity index is 630. The van der Waals surface area contributed by atoms with Crippen molar-refractivity contribution in [3.8, 4) is 5.82 Å². The van der Waals surface area contributed by atoms with Gasteiger partial charge in [0.2, 0.25) is 5.82 Å². The third-order valence-corrected chi connectivity index (χ3v) is 2.86. The molecule has 0 fully saturated rings. The van der Waals surface area contributed by atoms with Crippen molar-refractivity contribution in [1.82, 2.24) is 19.7 Å². The van der Waals surface area contributed by atoms with Gasteiger partial charge in [-0.3, -0.25) is 0 Å². The molecule has 5 nitrogen and oxygen atoms in total. The third kappa shape index (κ3) is 2.38. The highest BCUT2D eigenvalue weighted by atomic mass is 19.4. The molecule has 2 aromatic heterocycles. The minimum atomic E-state index is -4.64. The lowest BCUT2D eigenvalue weighted by Gasteiger charge is -2.09. The molecule has 2 N–H and O–H groups in total. The predicted molar refractivity (Wildman–Crippen MR) is 62.8 cm³/mol. The van der Waals surface area contributed by atoms with E-state index in [0.717, 1.165) is 11.3 Å². The minimum absolute atomic E-state index is 0.00789. The fourth-order valence-corrected chi connectivity index (χ4v) is 1.63. The molecular formula is C11H12F3N5. The maximum Gasteiger partial charge on any atom is 0.451 e. The van der Waals surface area contributed by atoms with Gasteiger partial charge in [0.25, 0.3) is 0 Å². The number of rotatable bonds is 1. The third-order valence-electron chi connectivity index (χ3n) is 2.86. The SMILES string of the molecule is Cc1nn(-c2cc(N)nc(C(F)(F)F)n2)c(C)c1C. The van der Waals surface area contributed by atoms with E-state index in [1.165, 1.54) is 10.7 Å². The first kappa shape index (κ1) is 13.3. The Hall–Kier alpha value is -2.12. The molecule has 0 aromatic carbocycles. The topological polar surface area (TPSA) is 69.6 Å². The van der Waals surface area contributed by atoms with Crippen molar-refractivity contribution >= 4 is 5.82 Å². The first-order valence-electron chi connectivity index (χ1n) is 5.45. The van der Waals surface area contributed by atoms with E-state index in [0.29, 0.717) is 5.69 Å². The van der Waals surface area contributed by atoms with Crippen LogP contribution in [0.2, 0.25) is 0 Å². The number of alkyl halides is 3. The zero-order valence-corrected chi connectivity index (χ0v) is 10.6. The Morgan fingerprint density at radius 1 is 1.16 bits per heavy atom. The van der Waals surface area contributed by atoms with Crippen LogP contribution in [0, 0.1) is 20.8 Å². The van der Waals surface area contributed by atoms with Gasteiger partial charge in [0.1, 0.15) is 5.82 Å². The summed E-state index contributed by atoms with van der Waals surface area (Å²) < 4.78 is 39.2. The first-order valence-corrected chi connectivity index (χ1v) is 5.45. The Morgan fingerprint density at radius 3 is 2.26 bits per heavy atom. The van der Waals surface area contributed by atoms with Crippen LogP contribution in [0.25, 0.3) is 5.82 Å². The summed E-state index contributed by atoms with van der Waals surface area (Å²) in [7, 11) is 0. The molecule has 0 saturated carbocycles. The van der Waals surface area contributed by atoms with Crippen LogP contribution in [0.5, 0.6) is 0 Å². The fraction of sp³-hybridized carbons (Fsp3) is 0.364. The van der Waals surface area contributed by atoms with Gasteiger partial charge in [0, 0.05) is 11.8 Å². The maximum atomic E-state index is 12.6. The Kier molecular flexibility index (Phi) is 2.95. The number of nitrogen functional groups attached to an aromatic ring is 1. The van der Waals surface area contributed by atoms with Crippen molar-refractivity contribution in [2.24, 2.45) is 0 Å². The van der Waals surface area contributed by atoms with E-state index in [-0.39, 0.29) is 11.6 Å². The lowest BCUT2D eigenvalue weighted by atomic mass is 10.2. The molecule has 0 amide bonds. The van der Waals surface area contributed by atoms with Gasteiger partial charge in [-0.25, -0.2) is 14.6 Å². The molecule has 0 aliphatic heterocycles. The highest BCUT2D eigenvalue weighted by Gasteiger charge is 2.35. The average Bonchev–Trinajstić information content (AvgIpc) is 2.55. The molecule has 0 unspecified atom stereocenters. The largest absolute Gasteiger partial charge is 0.451 e. The van der Waals surface area contributed by atoms with Crippen molar-refractivity contribution in [3.05, 3.63) is 28.8 Å². The maximum absolute atomic E-state index is 12.6. The molecule has 19 heavy (non-hydrogen) atoms. The molecule has 0 aliphatic rings. The van der Waals surface area contributed by atoms with Crippen LogP contribution in [-0.4, -0.2) is 19.7 Å². The number of halogens is 3. The number of aryl methyl sites for hydroxylation is 1. The number of hydrogen-bond acceptors (Lipinski definition) is 4. The molecule has 8 heteroatoms. The summed E-state index contributed by atoms with van der Waals surface area (Å²) >= 11 is 0. The van der Waals surface area contributed by atoms with Crippen LogP contribution in [0.4, 0.5) is 19.0 Å². The standard InChI is InChI=1S/C11H12F3N5/c1-5-6(2)18-19(7(5)3)9-4-8(15)16-10(17-9)11(12,13)14/h4H,1-3H3,(H2,15,16,17). The van der Waals surface area contributed by atoms with Gasteiger partial charge in [-0.05, 0) is 26.3 Å². The van der Waals surface area contributed by atoms with Crippen molar-refractivity contribution < 1.29 is 13.2 Å². The summed E-state index contributed by atoms with van der Waals surface area (Å²) in [5.74, 6) is -1.51. The van der Waals surface area contributed by atoms with E-state index < -0.39 is 12.0 Å². The van der Waals surface area contributed by atoms with Crippen LogP contribution in [0.15, 0.2) is 6.07 Å². The van der Waals surface area contributed by atoms with Crippen LogP contribution in [-0.2, 0) is 6.18 Å². The summed E-state index contributed by atoms with van der Waals surface area (Å²) in [5.41, 5.74) is 7.73. The smallest absolute Gasteiger partial charge is 0.384 e. The normalized spacial score (nSPS) is 11.9. The van der Waals surface area contributed by atoms with E-state index in [2.05, 4.69) is 15.1 Å². The second-order valence-corrected chi connectivity index (χ2v) is 4.18. The summed E-state index contributed by atoms with van der Waals surface area (Å²) in [6, 6.07) is 1.26. The molecule has 2 heterocycles. The Morgan fingerprint density at radius 2 is 1.79 bits per heavy atom. The van der Waals surface area contributed by atoms with Gasteiger partial charge >= 0.3 is 6.18 Å². The second kappa shape index (κ2) is 4.22. The van der Waals surface area contributed by atoms with Crippen LogP contribution >= 0.6 is 0 Å². The fourth-order valence-electron chi connectivity index (χ4n) is 1.63. The second-order valence-electron chi connectivity index (χ2n) is 4.18. The number of hydrogen-bond donors (Lipinski definition) is 1. The number of aromatic nitrogens is 4. The monoisotopic (exact) mass is 271 g/mol. The zero-order chi connectivity index (χ0) is 14.4. The van der Waals surface area contributed by atoms with E-state index in [1.54, 1.807) is 13.8 Å². The first-order chi connectivity index (χ1) is 8.70. The Labute approximate surface area is 107 Å². The van der Waals surface area contributed by atoms with Gasteiger partial charge < -0.3 is 5.73 Å². The van der Waals surface area contributed by atoms with Gasteiger partial charge in [-0.15, -0.1) is 0 Å². The molecule has 0 saturated heterocycles. The molecule has 0 spiro atoms. The average molecular weight is 271 g/mol. The lowest BCUT2D eigenvalue weighted by molar-refractivity contribution is -0.144. The molecule has 0 aliphatic carbocycles. The minimum Gasteiger partial charge on any atom is -0.384 e. The van der Waals surface area contributed by atoms with E-state index in [9.17, 15) is 13.2 Å².